The van der Waals surface area contributed by atoms with Gasteiger partial charge in [-0.05, 0) is 125 Å². The van der Waals surface area contributed by atoms with E-state index in [1.165, 1.54) is 54.5 Å². The Labute approximate surface area is 485 Å². The van der Waals surface area contributed by atoms with Crippen molar-refractivity contribution in [2.45, 2.75) is 169 Å². The molecular formula is C60H94N12O8S. The standard InChI is InChI=1S/C60H94N12O8S/c1-58(2,3)78-55(74)70-37-35-69(36-38-71(56(75)79-59(4,5)6)40-42-72(41-39-70)57(76)80-60(7,8)9)34-22-32-61-50(73)31-33-62-52-65-53(63-46-23-18-16-14-12-11-13-15-17-19-24-46)67-54(66-52)77-44-43-68(10)47-29-27-45(28-30-47)51-64-48-25-20-21-26-49(48)81-51/h20-21,25-30,46H,11-19,22-24,31-44H2,1-10H3,(H,61,73)(H2,62,63,65,66,67). The molecular weight excluding hydrogens is 1050 g/mol. The van der Waals surface area contributed by atoms with Crippen molar-refractivity contribution in [3.63, 3.8) is 0 Å². The molecule has 4 aromatic rings. The van der Waals surface area contributed by atoms with Crippen LogP contribution in [0.1, 0.15) is 146 Å². The van der Waals surface area contributed by atoms with Crippen LogP contribution in [0.15, 0.2) is 48.5 Å². The van der Waals surface area contributed by atoms with E-state index in [1.807, 2.05) is 66.8 Å². The highest BCUT2D eigenvalue weighted by atomic mass is 32.1. The summed E-state index contributed by atoms with van der Waals surface area (Å²) in [6.45, 7) is 20.7. The Morgan fingerprint density at radius 3 is 1.65 bits per heavy atom. The van der Waals surface area contributed by atoms with Gasteiger partial charge in [-0.15, -0.1) is 11.3 Å². The van der Waals surface area contributed by atoms with Gasteiger partial charge in [0.05, 0.1) is 16.8 Å². The van der Waals surface area contributed by atoms with Crippen LogP contribution in [-0.2, 0) is 19.0 Å². The number of hydrogen-bond acceptors (Lipinski definition) is 17. The Balaban J connectivity index is 1.05. The van der Waals surface area contributed by atoms with Crippen LogP contribution in [0.2, 0.25) is 0 Å². The second kappa shape index (κ2) is 31.3. The summed E-state index contributed by atoms with van der Waals surface area (Å²) >= 11 is 1.69. The molecule has 0 spiro atoms. The second-order valence-corrected chi connectivity index (χ2v) is 25.3. The molecule has 0 atom stereocenters. The molecule has 1 aliphatic heterocycles. The van der Waals surface area contributed by atoms with Crippen LogP contribution in [0.3, 0.4) is 0 Å². The van der Waals surface area contributed by atoms with Crippen LogP contribution in [0.4, 0.5) is 32.0 Å². The monoisotopic (exact) mass is 1140 g/mol. The van der Waals surface area contributed by atoms with Crippen molar-refractivity contribution in [1.82, 2.24) is 44.9 Å². The van der Waals surface area contributed by atoms with E-state index in [-0.39, 0.29) is 57.1 Å². The number of ether oxygens (including phenoxy) is 4. The van der Waals surface area contributed by atoms with Gasteiger partial charge < -0.3 is 54.5 Å². The maximum atomic E-state index is 13.6. The average molecular weight is 1140 g/mol. The third-order valence-corrected chi connectivity index (χ3v) is 14.9. The summed E-state index contributed by atoms with van der Waals surface area (Å²) in [7, 11) is 2.03. The first-order valence-corrected chi connectivity index (χ1v) is 30.4. The van der Waals surface area contributed by atoms with Gasteiger partial charge in [-0.2, -0.15) is 15.0 Å². The minimum atomic E-state index is -0.744. The van der Waals surface area contributed by atoms with E-state index in [4.69, 9.17) is 33.9 Å². The van der Waals surface area contributed by atoms with Gasteiger partial charge in [0.15, 0.2) is 0 Å². The van der Waals surface area contributed by atoms with E-state index >= 15 is 0 Å². The average Bonchev–Trinajstić information content (AvgIpc) is 3.83. The molecule has 2 fully saturated rings. The first-order chi connectivity index (χ1) is 38.6. The van der Waals surface area contributed by atoms with E-state index in [9.17, 15) is 19.2 Å². The molecule has 6 rings (SSSR count). The van der Waals surface area contributed by atoms with Gasteiger partial charge >= 0.3 is 24.3 Å². The number of rotatable bonds is 16. The lowest BCUT2D eigenvalue weighted by molar-refractivity contribution is -0.120. The molecule has 448 valence electrons. The molecule has 2 aromatic heterocycles. The van der Waals surface area contributed by atoms with Crippen molar-refractivity contribution in [1.29, 1.82) is 0 Å². The molecule has 3 N–H and O–H groups in total. The Morgan fingerprint density at radius 2 is 1.12 bits per heavy atom. The van der Waals surface area contributed by atoms with E-state index in [1.54, 1.807) is 41.9 Å². The second-order valence-electron chi connectivity index (χ2n) is 24.3. The quantitative estimate of drug-likeness (QED) is 0.0704. The number of hydrogen-bond donors (Lipinski definition) is 3. The molecule has 1 saturated carbocycles. The zero-order valence-corrected chi connectivity index (χ0v) is 51.1. The van der Waals surface area contributed by atoms with Crippen LogP contribution < -0.4 is 25.6 Å². The van der Waals surface area contributed by atoms with E-state index in [2.05, 4.69) is 61.1 Å². The number of anilines is 3. The summed E-state index contributed by atoms with van der Waals surface area (Å²) in [5.41, 5.74) is 0.932. The van der Waals surface area contributed by atoms with Crippen LogP contribution in [0.5, 0.6) is 6.01 Å². The molecule has 3 heterocycles. The fourth-order valence-electron chi connectivity index (χ4n) is 9.42. The molecule has 4 amide bonds. The maximum Gasteiger partial charge on any atom is 0.410 e. The predicted molar refractivity (Wildman–Crippen MR) is 322 cm³/mol. The Hall–Kier alpha value is -6.22. The summed E-state index contributed by atoms with van der Waals surface area (Å²) < 4.78 is 24.8. The lowest BCUT2D eigenvalue weighted by atomic mass is 9.98. The molecule has 20 nitrogen and oxygen atoms in total. The third kappa shape index (κ3) is 23.7. The zero-order chi connectivity index (χ0) is 58.4. The third-order valence-electron chi connectivity index (χ3n) is 13.8. The maximum absolute atomic E-state index is 13.6. The minimum absolute atomic E-state index is 0.133. The number of fused-ring (bicyclic) bond motifs is 1. The zero-order valence-electron chi connectivity index (χ0n) is 50.3. The summed E-state index contributed by atoms with van der Waals surface area (Å²) in [5.74, 6) is 0.651. The fraction of sp³-hybridized carbons (Fsp3) is 0.667. The number of carbonyl (C=O) groups excluding carboxylic acids is 4. The number of para-hydroxylation sites is 1. The minimum Gasteiger partial charge on any atom is -0.461 e. The normalized spacial score (nSPS) is 16.4. The van der Waals surface area contributed by atoms with Gasteiger partial charge in [0, 0.05) is 96.2 Å². The van der Waals surface area contributed by atoms with Gasteiger partial charge in [0.25, 0.3) is 0 Å². The molecule has 2 aliphatic rings. The van der Waals surface area contributed by atoms with E-state index < -0.39 is 35.1 Å². The Kier molecular flexibility index (Phi) is 24.7. The molecule has 81 heavy (non-hydrogen) atoms. The summed E-state index contributed by atoms with van der Waals surface area (Å²) in [5, 5.41) is 11.0. The number of amides is 4. The first-order valence-electron chi connectivity index (χ1n) is 29.5. The van der Waals surface area contributed by atoms with Gasteiger partial charge in [-0.3, -0.25) is 9.69 Å². The van der Waals surface area contributed by atoms with Crippen LogP contribution in [-0.4, -0.2) is 179 Å². The van der Waals surface area contributed by atoms with Gasteiger partial charge in [-0.25, -0.2) is 19.4 Å². The van der Waals surface area contributed by atoms with Gasteiger partial charge in [0.2, 0.25) is 17.8 Å². The number of benzene rings is 2. The number of thiazole rings is 1. The largest absolute Gasteiger partial charge is 0.461 e. The molecule has 0 unspecified atom stereocenters. The van der Waals surface area contributed by atoms with Gasteiger partial charge in [0.1, 0.15) is 28.4 Å². The number of likely N-dealkylation sites (N-methyl/N-ethyl adjacent to an activating group) is 1. The molecule has 1 saturated heterocycles. The lowest BCUT2D eigenvalue weighted by Crippen LogP contribution is -2.51. The Bertz CT molecular complexity index is 2490. The van der Waals surface area contributed by atoms with Crippen LogP contribution >= 0.6 is 11.3 Å². The number of aromatic nitrogens is 4. The smallest absolute Gasteiger partial charge is 0.410 e. The van der Waals surface area contributed by atoms with Crippen LogP contribution in [0, 0.1) is 0 Å². The highest BCUT2D eigenvalue weighted by molar-refractivity contribution is 7.21. The number of carbonyl (C=O) groups is 4. The van der Waals surface area contributed by atoms with Crippen molar-refractivity contribution in [2.24, 2.45) is 0 Å². The van der Waals surface area contributed by atoms with Crippen LogP contribution in [0.25, 0.3) is 20.8 Å². The summed E-state index contributed by atoms with van der Waals surface area (Å²) in [4.78, 5) is 82.0. The molecule has 21 heteroatoms. The van der Waals surface area contributed by atoms with Crippen molar-refractivity contribution < 1.29 is 38.1 Å². The van der Waals surface area contributed by atoms with Crippen molar-refractivity contribution in [3.8, 4) is 16.6 Å². The first kappa shape index (κ1) is 64.0. The molecule has 2 aromatic carbocycles. The number of nitrogens with one attached hydrogen (secondary N) is 3. The number of nitrogens with zero attached hydrogens (tertiary/aromatic N) is 9. The summed E-state index contributed by atoms with van der Waals surface area (Å²) in [6.07, 6.45) is 12.6. The van der Waals surface area contributed by atoms with Gasteiger partial charge in [-0.1, -0.05) is 69.9 Å². The predicted octanol–water partition coefficient (Wildman–Crippen LogP) is 11.1. The van der Waals surface area contributed by atoms with E-state index in [0.29, 0.717) is 70.7 Å². The highest BCUT2D eigenvalue weighted by Crippen LogP contribution is 2.31. The molecule has 1 aliphatic carbocycles. The Morgan fingerprint density at radius 1 is 0.617 bits per heavy atom. The van der Waals surface area contributed by atoms with Crippen molar-refractivity contribution in [2.75, 3.05) is 108 Å². The highest BCUT2D eigenvalue weighted by Gasteiger charge is 2.30. The van der Waals surface area contributed by atoms with Crippen molar-refractivity contribution >= 4 is 63.3 Å². The molecule has 0 bridgehead atoms. The topological polar surface area (TPSA) is 209 Å². The van der Waals surface area contributed by atoms with Crippen molar-refractivity contribution in [3.05, 3.63) is 48.5 Å². The van der Waals surface area contributed by atoms with E-state index in [0.717, 1.165) is 47.5 Å². The SMILES string of the molecule is CN(CCOc1nc(NCCC(=O)NCCCN2CCN(C(=O)OC(C)(C)C)CCN(C(=O)OC(C)(C)C)CCN(C(=O)OC(C)(C)C)CC2)nc(NC2CCCCCCCCCCC2)n1)c1ccc(-c2nc3ccccc3s2)cc1. The lowest BCUT2D eigenvalue weighted by Gasteiger charge is -2.35. The molecule has 0 radical (unpaired) electrons. The fourth-order valence-corrected chi connectivity index (χ4v) is 10.4. The summed E-state index contributed by atoms with van der Waals surface area (Å²) in [6, 6.07) is 17.0.